The SMILES string of the molecule is CCC(N)C(c1ccc(Br)s1)N1CCN(C)C(=O)C1(C)C. The van der Waals surface area contributed by atoms with Crippen LogP contribution in [0, 0.1) is 0 Å². The van der Waals surface area contributed by atoms with Gasteiger partial charge in [-0.05, 0) is 48.3 Å². The molecular formula is C15H24BrN3OS. The van der Waals surface area contributed by atoms with Gasteiger partial charge in [0, 0.05) is 31.1 Å². The predicted molar refractivity (Wildman–Crippen MR) is 91.4 cm³/mol. The fourth-order valence-electron chi connectivity index (χ4n) is 3.02. The van der Waals surface area contributed by atoms with E-state index in [4.69, 9.17) is 5.73 Å². The molecule has 21 heavy (non-hydrogen) atoms. The summed E-state index contributed by atoms with van der Waals surface area (Å²) in [6, 6.07) is 4.28. The number of carbonyl (C=O) groups is 1. The monoisotopic (exact) mass is 373 g/mol. The maximum atomic E-state index is 12.5. The Morgan fingerprint density at radius 3 is 2.62 bits per heavy atom. The largest absolute Gasteiger partial charge is 0.343 e. The van der Waals surface area contributed by atoms with Crippen molar-refractivity contribution >= 4 is 33.2 Å². The van der Waals surface area contributed by atoms with Gasteiger partial charge in [0.05, 0.1) is 15.4 Å². The van der Waals surface area contributed by atoms with Crippen molar-refractivity contribution in [2.45, 2.75) is 44.8 Å². The Bertz CT molecular complexity index is 517. The Morgan fingerprint density at radius 1 is 1.43 bits per heavy atom. The number of piperazine rings is 1. The minimum absolute atomic E-state index is 0.0195. The van der Waals surface area contributed by atoms with Crippen LogP contribution in [0.3, 0.4) is 0 Å². The van der Waals surface area contributed by atoms with Crippen LogP contribution in [-0.2, 0) is 4.79 Å². The average molecular weight is 374 g/mol. The van der Waals surface area contributed by atoms with E-state index in [1.165, 1.54) is 4.88 Å². The fourth-order valence-corrected chi connectivity index (χ4v) is 4.63. The highest BCUT2D eigenvalue weighted by Gasteiger charge is 2.45. The van der Waals surface area contributed by atoms with Crippen LogP contribution < -0.4 is 5.73 Å². The molecule has 0 radical (unpaired) electrons. The van der Waals surface area contributed by atoms with Crippen LogP contribution in [0.15, 0.2) is 15.9 Å². The van der Waals surface area contributed by atoms with Crippen LogP contribution in [0.5, 0.6) is 0 Å². The second-order valence-corrected chi connectivity index (χ2v) is 8.63. The van der Waals surface area contributed by atoms with Crippen LogP contribution in [0.4, 0.5) is 0 Å². The maximum absolute atomic E-state index is 12.5. The first kappa shape index (κ1) is 16.9. The summed E-state index contributed by atoms with van der Waals surface area (Å²) in [7, 11) is 1.87. The first-order valence-corrected chi connectivity index (χ1v) is 8.93. The molecule has 4 nitrogen and oxygen atoms in total. The molecule has 118 valence electrons. The summed E-state index contributed by atoms with van der Waals surface area (Å²) in [6.07, 6.45) is 0.886. The minimum Gasteiger partial charge on any atom is -0.343 e. The van der Waals surface area contributed by atoms with E-state index >= 15 is 0 Å². The fraction of sp³-hybridized carbons (Fsp3) is 0.667. The van der Waals surface area contributed by atoms with Gasteiger partial charge in [-0.15, -0.1) is 11.3 Å². The molecule has 1 aromatic rings. The van der Waals surface area contributed by atoms with Crippen molar-refractivity contribution < 1.29 is 4.79 Å². The van der Waals surface area contributed by atoms with Gasteiger partial charge >= 0.3 is 0 Å². The number of amides is 1. The summed E-state index contributed by atoms with van der Waals surface area (Å²) in [5, 5.41) is 0. The number of halogens is 1. The molecule has 1 saturated heterocycles. The van der Waals surface area contributed by atoms with E-state index in [9.17, 15) is 4.79 Å². The van der Waals surface area contributed by atoms with Crippen molar-refractivity contribution in [3.05, 3.63) is 20.8 Å². The first-order chi connectivity index (χ1) is 9.78. The van der Waals surface area contributed by atoms with Crippen molar-refractivity contribution in [3.63, 3.8) is 0 Å². The number of hydrogen-bond donors (Lipinski definition) is 1. The molecule has 1 amide bonds. The van der Waals surface area contributed by atoms with Crippen LogP contribution in [0.1, 0.15) is 38.1 Å². The molecule has 2 rings (SSSR count). The molecule has 1 fully saturated rings. The second kappa shape index (κ2) is 6.36. The Kier molecular flexibility index (Phi) is 5.13. The van der Waals surface area contributed by atoms with Gasteiger partial charge in [-0.1, -0.05) is 6.92 Å². The molecule has 2 heterocycles. The van der Waals surface area contributed by atoms with Crippen molar-refractivity contribution in [2.24, 2.45) is 5.73 Å². The summed E-state index contributed by atoms with van der Waals surface area (Å²) >= 11 is 5.24. The zero-order valence-electron chi connectivity index (χ0n) is 13.1. The summed E-state index contributed by atoms with van der Waals surface area (Å²) in [6.45, 7) is 7.71. The standard InChI is InChI=1S/C15H24BrN3OS/c1-5-10(17)13(11-6-7-12(16)21-11)19-9-8-18(4)14(20)15(19,2)3/h6-7,10,13H,5,8-9,17H2,1-4H3. The molecule has 1 aliphatic rings. The Hall–Kier alpha value is -0.430. The zero-order valence-corrected chi connectivity index (χ0v) is 15.5. The molecule has 0 aromatic carbocycles. The highest BCUT2D eigenvalue weighted by molar-refractivity contribution is 9.11. The van der Waals surface area contributed by atoms with Gasteiger partial charge in [0.1, 0.15) is 0 Å². The molecule has 2 N–H and O–H groups in total. The van der Waals surface area contributed by atoms with Crippen LogP contribution in [-0.4, -0.2) is 47.4 Å². The van der Waals surface area contributed by atoms with E-state index < -0.39 is 5.54 Å². The third-order valence-corrected chi connectivity index (χ3v) is 6.06. The maximum Gasteiger partial charge on any atom is 0.242 e. The minimum atomic E-state index is -0.527. The van der Waals surface area contributed by atoms with E-state index in [-0.39, 0.29) is 18.0 Å². The van der Waals surface area contributed by atoms with E-state index in [0.717, 1.165) is 23.3 Å². The average Bonchev–Trinajstić information content (AvgIpc) is 2.85. The molecule has 2 unspecified atom stereocenters. The summed E-state index contributed by atoms with van der Waals surface area (Å²) in [5.74, 6) is 0.165. The normalized spacial score (nSPS) is 22.4. The van der Waals surface area contributed by atoms with Crippen molar-refractivity contribution in [1.29, 1.82) is 0 Å². The van der Waals surface area contributed by atoms with Gasteiger partial charge in [-0.25, -0.2) is 0 Å². The summed E-state index contributed by atoms with van der Waals surface area (Å²) in [4.78, 5) is 17.9. The lowest BCUT2D eigenvalue weighted by Gasteiger charge is -2.49. The van der Waals surface area contributed by atoms with Crippen molar-refractivity contribution in [3.8, 4) is 0 Å². The molecule has 0 spiro atoms. The molecule has 2 atom stereocenters. The van der Waals surface area contributed by atoms with Gasteiger partial charge in [0.2, 0.25) is 5.91 Å². The van der Waals surface area contributed by atoms with Crippen LogP contribution in [0.25, 0.3) is 0 Å². The smallest absolute Gasteiger partial charge is 0.242 e. The number of likely N-dealkylation sites (N-methyl/N-ethyl adjacent to an activating group) is 1. The topological polar surface area (TPSA) is 49.6 Å². The third-order valence-electron chi connectivity index (χ3n) is 4.36. The lowest BCUT2D eigenvalue weighted by molar-refractivity contribution is -0.150. The van der Waals surface area contributed by atoms with Gasteiger partial charge < -0.3 is 10.6 Å². The Labute approximate surface area is 139 Å². The van der Waals surface area contributed by atoms with E-state index in [0.29, 0.717) is 0 Å². The molecule has 6 heteroatoms. The van der Waals surface area contributed by atoms with E-state index in [1.807, 2.05) is 25.8 Å². The Morgan fingerprint density at radius 2 is 2.10 bits per heavy atom. The number of thiophene rings is 1. The lowest BCUT2D eigenvalue weighted by atomic mass is 9.91. The van der Waals surface area contributed by atoms with Crippen LogP contribution >= 0.6 is 27.3 Å². The van der Waals surface area contributed by atoms with Gasteiger partial charge in [-0.3, -0.25) is 9.69 Å². The number of rotatable bonds is 4. The zero-order chi connectivity index (χ0) is 15.8. The van der Waals surface area contributed by atoms with Crippen molar-refractivity contribution in [1.82, 2.24) is 9.80 Å². The summed E-state index contributed by atoms with van der Waals surface area (Å²) in [5.41, 5.74) is 5.89. The van der Waals surface area contributed by atoms with Gasteiger partial charge in [-0.2, -0.15) is 0 Å². The molecule has 0 aliphatic carbocycles. The van der Waals surface area contributed by atoms with Gasteiger partial charge in [0.25, 0.3) is 0 Å². The summed E-state index contributed by atoms with van der Waals surface area (Å²) < 4.78 is 1.10. The first-order valence-electron chi connectivity index (χ1n) is 7.32. The molecular weight excluding hydrogens is 350 g/mol. The van der Waals surface area contributed by atoms with Crippen LogP contribution in [0.2, 0.25) is 0 Å². The second-order valence-electron chi connectivity index (χ2n) is 6.14. The lowest BCUT2D eigenvalue weighted by Crippen LogP contribution is -2.64. The predicted octanol–water partition coefficient (Wildman–Crippen LogP) is 2.84. The molecule has 0 saturated carbocycles. The third kappa shape index (κ3) is 3.18. The van der Waals surface area contributed by atoms with E-state index in [2.05, 4.69) is 39.9 Å². The van der Waals surface area contributed by atoms with E-state index in [1.54, 1.807) is 11.3 Å². The molecule has 0 bridgehead atoms. The Balaban J connectivity index is 2.39. The highest BCUT2D eigenvalue weighted by atomic mass is 79.9. The molecule has 1 aromatic heterocycles. The molecule has 1 aliphatic heterocycles. The highest BCUT2D eigenvalue weighted by Crippen LogP contribution is 2.38. The van der Waals surface area contributed by atoms with Gasteiger partial charge in [0.15, 0.2) is 0 Å². The number of nitrogens with zero attached hydrogens (tertiary/aromatic N) is 2. The number of hydrogen-bond acceptors (Lipinski definition) is 4. The number of nitrogens with two attached hydrogens (primary N) is 1. The quantitative estimate of drug-likeness (QED) is 0.882. The van der Waals surface area contributed by atoms with Crippen molar-refractivity contribution in [2.75, 3.05) is 20.1 Å². The number of carbonyl (C=O) groups excluding carboxylic acids is 1.